The highest BCUT2D eigenvalue weighted by atomic mass is 19.4. The van der Waals surface area contributed by atoms with Crippen LogP contribution < -0.4 is 14.9 Å². The molecule has 1 aliphatic rings. The van der Waals surface area contributed by atoms with E-state index in [9.17, 15) is 22.4 Å². The predicted octanol–water partition coefficient (Wildman–Crippen LogP) is 4.78. The summed E-state index contributed by atoms with van der Waals surface area (Å²) in [7, 11) is 0. The number of halogens is 4. The highest BCUT2D eigenvalue weighted by molar-refractivity contribution is 5.89. The predicted molar refractivity (Wildman–Crippen MR) is 88.5 cm³/mol. The van der Waals surface area contributed by atoms with Gasteiger partial charge in [-0.05, 0) is 29.8 Å². The summed E-state index contributed by atoms with van der Waals surface area (Å²) in [6.07, 6.45) is -4.40. The normalized spacial score (nSPS) is 14.2. The first-order valence-electron chi connectivity index (χ1n) is 8.09. The Hall–Kier alpha value is -3.03. The molecule has 0 fully saturated rings. The molecule has 0 amide bonds. The SMILES string of the molecule is O=c1c(-c2ccc(F)cc2)c(C(F)(F)F)oc2c3c(ccc12)OCCCO3. The minimum absolute atomic E-state index is 0.0294. The standard InChI is InChI=1S/C19H12F4O4/c20-11-4-2-10(3-5-11)14-15(24)12-6-7-13-17(26-9-1-8-25-13)16(12)27-18(14)19(21,22)23/h2-7H,1,8-9H2. The molecule has 0 aliphatic carbocycles. The number of benzene rings is 2. The van der Waals surface area contributed by atoms with Crippen molar-refractivity contribution in [3.63, 3.8) is 0 Å². The zero-order valence-corrected chi connectivity index (χ0v) is 13.7. The first-order chi connectivity index (χ1) is 12.9. The van der Waals surface area contributed by atoms with Crippen LogP contribution in [0.4, 0.5) is 17.6 Å². The molecule has 0 radical (unpaired) electrons. The van der Waals surface area contributed by atoms with Gasteiger partial charge >= 0.3 is 6.18 Å². The van der Waals surface area contributed by atoms with Gasteiger partial charge < -0.3 is 13.9 Å². The molecule has 1 aliphatic heterocycles. The molecular formula is C19H12F4O4. The highest BCUT2D eigenvalue weighted by Crippen LogP contribution is 2.42. The smallest absolute Gasteiger partial charge is 0.450 e. The van der Waals surface area contributed by atoms with E-state index in [1.807, 2.05) is 0 Å². The van der Waals surface area contributed by atoms with Gasteiger partial charge in [-0.25, -0.2) is 4.39 Å². The van der Waals surface area contributed by atoms with Crippen molar-refractivity contribution in [2.75, 3.05) is 13.2 Å². The van der Waals surface area contributed by atoms with Gasteiger partial charge in [0.05, 0.1) is 24.2 Å². The third-order valence-corrected chi connectivity index (χ3v) is 4.16. The summed E-state index contributed by atoms with van der Waals surface area (Å²) in [6.45, 7) is 0.555. The summed E-state index contributed by atoms with van der Waals surface area (Å²) in [4.78, 5) is 12.9. The fourth-order valence-electron chi connectivity index (χ4n) is 2.96. The summed E-state index contributed by atoms with van der Waals surface area (Å²) >= 11 is 0. The van der Waals surface area contributed by atoms with Crippen molar-refractivity contribution >= 4 is 11.0 Å². The molecule has 8 heteroatoms. The molecule has 2 heterocycles. The molecule has 0 saturated carbocycles. The van der Waals surface area contributed by atoms with Gasteiger partial charge in [0.2, 0.25) is 16.9 Å². The Kier molecular flexibility index (Phi) is 4.05. The van der Waals surface area contributed by atoms with Crippen LogP contribution in [0.1, 0.15) is 12.2 Å². The van der Waals surface area contributed by atoms with E-state index in [4.69, 9.17) is 13.9 Å². The van der Waals surface area contributed by atoms with Crippen LogP contribution in [-0.2, 0) is 6.18 Å². The lowest BCUT2D eigenvalue weighted by Crippen LogP contribution is -2.16. The summed E-state index contributed by atoms with van der Waals surface area (Å²) in [5.41, 5.74) is -1.97. The Morgan fingerprint density at radius 1 is 0.926 bits per heavy atom. The van der Waals surface area contributed by atoms with Crippen LogP contribution in [0.5, 0.6) is 11.5 Å². The molecule has 0 unspecified atom stereocenters. The van der Waals surface area contributed by atoms with Gasteiger partial charge in [-0.1, -0.05) is 12.1 Å². The summed E-state index contributed by atoms with van der Waals surface area (Å²) in [5, 5.41) is -0.0772. The molecule has 3 aromatic rings. The van der Waals surface area contributed by atoms with Crippen LogP contribution in [0.15, 0.2) is 45.6 Å². The fourth-order valence-corrected chi connectivity index (χ4v) is 2.96. The Morgan fingerprint density at radius 3 is 2.33 bits per heavy atom. The quantitative estimate of drug-likeness (QED) is 0.570. The molecular weight excluding hydrogens is 368 g/mol. The third-order valence-electron chi connectivity index (χ3n) is 4.16. The van der Waals surface area contributed by atoms with E-state index in [0.29, 0.717) is 13.0 Å². The molecule has 4 nitrogen and oxygen atoms in total. The largest absolute Gasteiger partial charge is 0.489 e. The number of ether oxygens (including phenoxy) is 2. The molecule has 0 bridgehead atoms. The highest BCUT2D eigenvalue weighted by Gasteiger charge is 2.40. The maximum atomic E-state index is 13.7. The van der Waals surface area contributed by atoms with E-state index < -0.39 is 28.7 Å². The van der Waals surface area contributed by atoms with Gasteiger partial charge in [0.15, 0.2) is 11.3 Å². The number of rotatable bonds is 1. The lowest BCUT2D eigenvalue weighted by atomic mass is 10.0. The van der Waals surface area contributed by atoms with Crippen molar-refractivity contribution in [1.82, 2.24) is 0 Å². The first-order valence-corrected chi connectivity index (χ1v) is 8.09. The lowest BCUT2D eigenvalue weighted by Gasteiger charge is -2.15. The van der Waals surface area contributed by atoms with Crippen LogP contribution in [0.25, 0.3) is 22.1 Å². The van der Waals surface area contributed by atoms with Gasteiger partial charge in [-0.15, -0.1) is 0 Å². The van der Waals surface area contributed by atoms with E-state index >= 15 is 0 Å². The van der Waals surface area contributed by atoms with Crippen molar-refractivity contribution in [3.8, 4) is 22.6 Å². The molecule has 4 rings (SSSR count). The average molecular weight is 380 g/mol. The van der Waals surface area contributed by atoms with Gasteiger partial charge in [-0.2, -0.15) is 13.2 Å². The second-order valence-electron chi connectivity index (χ2n) is 5.96. The van der Waals surface area contributed by atoms with Gasteiger partial charge in [0, 0.05) is 6.42 Å². The Morgan fingerprint density at radius 2 is 1.63 bits per heavy atom. The monoisotopic (exact) mass is 380 g/mol. The Labute approximate surface area is 149 Å². The maximum absolute atomic E-state index is 13.7. The van der Waals surface area contributed by atoms with E-state index in [2.05, 4.69) is 0 Å². The van der Waals surface area contributed by atoms with Gasteiger partial charge in [-0.3, -0.25) is 4.79 Å². The lowest BCUT2D eigenvalue weighted by molar-refractivity contribution is -0.152. The minimum Gasteiger partial charge on any atom is -0.489 e. The van der Waals surface area contributed by atoms with Crippen LogP contribution in [-0.4, -0.2) is 13.2 Å². The van der Waals surface area contributed by atoms with Crippen LogP contribution in [0.3, 0.4) is 0 Å². The molecule has 0 saturated heterocycles. The summed E-state index contributed by atoms with van der Waals surface area (Å²) < 4.78 is 70.2. The van der Waals surface area contributed by atoms with Crippen molar-refractivity contribution in [3.05, 3.63) is 58.2 Å². The van der Waals surface area contributed by atoms with Crippen LogP contribution >= 0.6 is 0 Å². The van der Waals surface area contributed by atoms with E-state index in [1.165, 1.54) is 12.1 Å². The molecule has 0 N–H and O–H groups in total. The van der Waals surface area contributed by atoms with Crippen molar-refractivity contribution in [2.24, 2.45) is 0 Å². The van der Waals surface area contributed by atoms with Crippen LogP contribution in [0, 0.1) is 5.82 Å². The molecule has 1 aromatic heterocycles. The fraction of sp³-hybridized carbons (Fsp3) is 0.211. The first kappa shape index (κ1) is 17.4. The summed E-state index contributed by atoms with van der Waals surface area (Å²) in [5.74, 6) is -1.91. The number of hydrogen-bond acceptors (Lipinski definition) is 4. The topological polar surface area (TPSA) is 48.7 Å². The zero-order chi connectivity index (χ0) is 19.2. The van der Waals surface area contributed by atoms with Crippen LogP contribution in [0.2, 0.25) is 0 Å². The second-order valence-corrected chi connectivity index (χ2v) is 5.96. The molecule has 2 aromatic carbocycles. The van der Waals surface area contributed by atoms with Gasteiger partial charge in [0.25, 0.3) is 0 Å². The maximum Gasteiger partial charge on any atom is 0.450 e. The zero-order valence-electron chi connectivity index (χ0n) is 13.7. The third kappa shape index (κ3) is 3.01. The second kappa shape index (κ2) is 6.29. The minimum atomic E-state index is -4.94. The Bertz CT molecular complexity index is 1070. The molecule has 0 atom stereocenters. The van der Waals surface area contributed by atoms with Crippen molar-refractivity contribution in [2.45, 2.75) is 12.6 Å². The molecule has 0 spiro atoms. The Balaban J connectivity index is 2.08. The average Bonchev–Trinajstić information content (AvgIpc) is 2.87. The molecule has 140 valence electrons. The van der Waals surface area contributed by atoms with E-state index in [0.717, 1.165) is 24.3 Å². The van der Waals surface area contributed by atoms with Gasteiger partial charge in [0.1, 0.15) is 5.82 Å². The van der Waals surface area contributed by atoms with Crippen molar-refractivity contribution < 1.29 is 31.5 Å². The van der Waals surface area contributed by atoms with E-state index in [1.54, 1.807) is 0 Å². The van der Waals surface area contributed by atoms with E-state index in [-0.39, 0.29) is 34.6 Å². The number of hydrogen-bond donors (Lipinski definition) is 0. The number of fused-ring (bicyclic) bond motifs is 3. The summed E-state index contributed by atoms with van der Waals surface area (Å²) in [6, 6.07) is 6.96. The van der Waals surface area contributed by atoms with Crippen molar-refractivity contribution in [1.29, 1.82) is 0 Å². The molecule has 27 heavy (non-hydrogen) atoms. The number of alkyl halides is 3.